The molecular formula is C11H11N3OS2. The number of benzene rings is 1. The number of carbonyl (C=O) groups excluding carboxylic acids is 1. The average Bonchev–Trinajstić information content (AvgIpc) is 2.67. The van der Waals surface area contributed by atoms with Crippen LogP contribution in [0.1, 0.15) is 21.7 Å². The maximum atomic E-state index is 12.0. The lowest BCUT2D eigenvalue weighted by molar-refractivity contribution is 0.102. The van der Waals surface area contributed by atoms with E-state index in [-0.39, 0.29) is 5.91 Å². The largest absolute Gasteiger partial charge is 0.297 e. The molecule has 6 heteroatoms. The number of carbonyl (C=O) groups is 1. The molecule has 1 N–H and O–H groups in total. The van der Waals surface area contributed by atoms with E-state index in [1.165, 1.54) is 11.5 Å². The Labute approximate surface area is 109 Å². The zero-order valence-corrected chi connectivity index (χ0v) is 11.1. The molecule has 1 heterocycles. The van der Waals surface area contributed by atoms with E-state index in [0.29, 0.717) is 16.5 Å². The van der Waals surface area contributed by atoms with Crippen molar-refractivity contribution in [2.24, 2.45) is 0 Å². The van der Waals surface area contributed by atoms with E-state index in [4.69, 9.17) is 0 Å². The predicted octanol–water partition coefficient (Wildman–Crippen LogP) is 2.70. The highest BCUT2D eigenvalue weighted by Crippen LogP contribution is 2.17. The van der Waals surface area contributed by atoms with Gasteiger partial charge in [-0.05, 0) is 31.5 Å². The zero-order valence-electron chi connectivity index (χ0n) is 9.39. The van der Waals surface area contributed by atoms with Crippen LogP contribution in [0, 0.1) is 13.8 Å². The van der Waals surface area contributed by atoms with Crippen molar-refractivity contribution < 1.29 is 4.79 Å². The van der Waals surface area contributed by atoms with Gasteiger partial charge in [0.15, 0.2) is 0 Å². The first-order valence-electron chi connectivity index (χ1n) is 4.97. The van der Waals surface area contributed by atoms with E-state index in [9.17, 15) is 4.79 Å². The average molecular weight is 265 g/mol. The van der Waals surface area contributed by atoms with Gasteiger partial charge >= 0.3 is 0 Å². The first-order chi connectivity index (χ1) is 8.06. The third-order valence-corrected chi connectivity index (χ3v) is 3.21. The Morgan fingerprint density at radius 1 is 1.41 bits per heavy atom. The van der Waals surface area contributed by atoms with Crippen molar-refractivity contribution in [1.29, 1.82) is 0 Å². The van der Waals surface area contributed by atoms with Gasteiger partial charge in [-0.1, -0.05) is 6.07 Å². The Bertz CT molecular complexity index is 566. The third-order valence-electron chi connectivity index (χ3n) is 2.21. The van der Waals surface area contributed by atoms with Gasteiger partial charge < -0.3 is 0 Å². The summed E-state index contributed by atoms with van der Waals surface area (Å²) in [6, 6.07) is 5.45. The van der Waals surface area contributed by atoms with Crippen molar-refractivity contribution in [3.63, 3.8) is 0 Å². The van der Waals surface area contributed by atoms with Crippen molar-refractivity contribution in [2.45, 2.75) is 18.7 Å². The molecule has 4 nitrogen and oxygen atoms in total. The summed E-state index contributed by atoms with van der Waals surface area (Å²) in [7, 11) is 0. The molecule has 17 heavy (non-hydrogen) atoms. The second-order valence-corrected chi connectivity index (χ2v) is 4.87. The van der Waals surface area contributed by atoms with Gasteiger partial charge in [0.25, 0.3) is 5.91 Å². The number of aryl methyl sites for hydroxylation is 2. The summed E-state index contributed by atoms with van der Waals surface area (Å²) in [4.78, 5) is 16.8. The van der Waals surface area contributed by atoms with Crippen LogP contribution >= 0.6 is 24.2 Å². The molecule has 0 bridgehead atoms. The van der Waals surface area contributed by atoms with E-state index < -0.39 is 0 Å². The smallest absolute Gasteiger partial charge is 0.257 e. The zero-order chi connectivity index (χ0) is 12.4. The molecule has 1 aromatic heterocycles. The normalized spacial score (nSPS) is 10.3. The fourth-order valence-electron chi connectivity index (χ4n) is 1.37. The molecule has 0 saturated carbocycles. The lowest BCUT2D eigenvalue weighted by Gasteiger charge is -2.05. The summed E-state index contributed by atoms with van der Waals surface area (Å²) in [6.45, 7) is 3.67. The van der Waals surface area contributed by atoms with E-state index >= 15 is 0 Å². The predicted molar refractivity (Wildman–Crippen MR) is 71.0 cm³/mol. The Hall–Kier alpha value is -1.40. The molecule has 0 fully saturated rings. The number of amides is 1. The number of thiol groups is 1. The van der Waals surface area contributed by atoms with Crippen LogP contribution in [0.15, 0.2) is 23.1 Å². The van der Waals surface area contributed by atoms with Gasteiger partial charge in [-0.3, -0.25) is 10.1 Å². The Balaban J connectivity index is 2.22. The van der Waals surface area contributed by atoms with Gasteiger partial charge in [0.1, 0.15) is 5.82 Å². The fourth-order valence-corrected chi connectivity index (χ4v) is 2.14. The number of nitrogens with zero attached hydrogens (tertiary/aromatic N) is 2. The minimum absolute atomic E-state index is 0.186. The quantitative estimate of drug-likeness (QED) is 0.821. The van der Waals surface area contributed by atoms with Gasteiger partial charge in [-0.15, -0.1) is 12.6 Å². The number of nitrogens with one attached hydrogen (secondary N) is 1. The standard InChI is InChI=1S/C11H11N3OS2/c1-6-3-4-8(16)5-9(6)10(15)13-11-12-7(2)14-17-11/h3-5,16H,1-2H3,(H,12,13,14,15). The highest BCUT2D eigenvalue weighted by molar-refractivity contribution is 7.80. The molecule has 0 aliphatic carbocycles. The molecule has 0 unspecified atom stereocenters. The van der Waals surface area contributed by atoms with Crippen LogP contribution in [0.5, 0.6) is 0 Å². The van der Waals surface area contributed by atoms with Crippen molar-refractivity contribution >= 4 is 35.2 Å². The first-order valence-corrected chi connectivity index (χ1v) is 6.19. The fraction of sp³-hybridized carbons (Fsp3) is 0.182. The lowest BCUT2D eigenvalue weighted by Crippen LogP contribution is -2.13. The minimum Gasteiger partial charge on any atom is -0.297 e. The van der Waals surface area contributed by atoms with Crippen LogP contribution in [0.3, 0.4) is 0 Å². The Morgan fingerprint density at radius 3 is 2.82 bits per heavy atom. The Morgan fingerprint density at radius 2 is 2.18 bits per heavy atom. The maximum Gasteiger partial charge on any atom is 0.257 e. The van der Waals surface area contributed by atoms with Gasteiger partial charge in [0.05, 0.1) is 0 Å². The van der Waals surface area contributed by atoms with Crippen molar-refractivity contribution in [2.75, 3.05) is 5.32 Å². The van der Waals surface area contributed by atoms with E-state index in [0.717, 1.165) is 10.5 Å². The molecule has 0 atom stereocenters. The van der Waals surface area contributed by atoms with Gasteiger partial charge in [-0.25, -0.2) is 4.98 Å². The highest BCUT2D eigenvalue weighted by atomic mass is 32.1. The minimum atomic E-state index is -0.186. The molecule has 2 aromatic rings. The number of aromatic nitrogens is 2. The molecule has 0 saturated heterocycles. The molecule has 0 spiro atoms. The second kappa shape index (κ2) is 4.85. The van der Waals surface area contributed by atoms with Crippen LogP contribution < -0.4 is 5.32 Å². The SMILES string of the molecule is Cc1nsc(NC(=O)c2cc(S)ccc2C)n1. The van der Waals surface area contributed by atoms with Crippen LogP contribution in [-0.2, 0) is 0 Å². The van der Waals surface area contributed by atoms with Gasteiger partial charge in [0, 0.05) is 22.0 Å². The molecule has 1 aromatic carbocycles. The third kappa shape index (κ3) is 2.83. The summed E-state index contributed by atoms with van der Waals surface area (Å²) < 4.78 is 4.00. The summed E-state index contributed by atoms with van der Waals surface area (Å²) >= 11 is 5.39. The van der Waals surface area contributed by atoms with Crippen LogP contribution in [0.2, 0.25) is 0 Å². The Kier molecular flexibility index (Phi) is 3.44. The molecular weight excluding hydrogens is 254 g/mol. The molecule has 2 rings (SSSR count). The van der Waals surface area contributed by atoms with E-state index in [1.54, 1.807) is 13.0 Å². The molecule has 88 valence electrons. The number of anilines is 1. The molecule has 0 aliphatic rings. The second-order valence-electron chi connectivity index (χ2n) is 3.60. The van der Waals surface area contributed by atoms with Crippen molar-refractivity contribution in [3.05, 3.63) is 35.2 Å². The molecule has 0 aliphatic heterocycles. The monoisotopic (exact) mass is 265 g/mol. The summed E-state index contributed by atoms with van der Waals surface area (Å²) in [5.74, 6) is 0.472. The van der Waals surface area contributed by atoms with Gasteiger partial charge in [0.2, 0.25) is 5.13 Å². The van der Waals surface area contributed by atoms with Crippen molar-refractivity contribution in [3.8, 4) is 0 Å². The number of hydrogen-bond donors (Lipinski definition) is 2. The number of hydrogen-bond acceptors (Lipinski definition) is 5. The van der Waals surface area contributed by atoms with Crippen LogP contribution in [-0.4, -0.2) is 15.3 Å². The summed E-state index contributed by atoms with van der Waals surface area (Å²) in [5.41, 5.74) is 1.51. The molecule has 0 radical (unpaired) electrons. The number of rotatable bonds is 2. The van der Waals surface area contributed by atoms with E-state index in [1.807, 2.05) is 19.1 Å². The van der Waals surface area contributed by atoms with Crippen LogP contribution in [0.25, 0.3) is 0 Å². The van der Waals surface area contributed by atoms with Crippen molar-refractivity contribution in [1.82, 2.24) is 9.36 Å². The van der Waals surface area contributed by atoms with Crippen LogP contribution in [0.4, 0.5) is 5.13 Å². The van der Waals surface area contributed by atoms with Gasteiger partial charge in [-0.2, -0.15) is 4.37 Å². The molecule has 1 amide bonds. The maximum absolute atomic E-state index is 12.0. The summed E-state index contributed by atoms with van der Waals surface area (Å²) in [5, 5.41) is 3.23. The lowest BCUT2D eigenvalue weighted by atomic mass is 10.1. The summed E-state index contributed by atoms with van der Waals surface area (Å²) in [6.07, 6.45) is 0. The van der Waals surface area contributed by atoms with E-state index in [2.05, 4.69) is 27.3 Å². The topological polar surface area (TPSA) is 54.9 Å². The highest BCUT2D eigenvalue weighted by Gasteiger charge is 2.11. The first kappa shape index (κ1) is 12.1.